The van der Waals surface area contributed by atoms with Gasteiger partial charge in [-0.05, 0) is 31.3 Å². The normalized spacial score (nSPS) is 19.2. The molecule has 0 amide bonds. The highest BCUT2D eigenvalue weighted by atomic mass is 32.1. The molecule has 0 spiro atoms. The highest BCUT2D eigenvalue weighted by molar-refractivity contribution is 7.71. The number of hydrogen-bond acceptors (Lipinski definition) is 4. The fourth-order valence-electron chi connectivity index (χ4n) is 4.26. The standard InChI is InChI=1S/C22H23N5S2/c1-2-26-20(16-9-4-3-5-10-16)24-27(22(26)28)15-25-14-8-12-18(25)21-23-17-11-6-7-13-19(17)29-21/h3-7,9-11,13,18H,2,8,12,14-15H2,1H3/p+1/t18-/m0/s1. The van der Waals surface area contributed by atoms with Crippen LogP contribution in [0, 0.1) is 4.77 Å². The average Bonchev–Trinajstić information content (AvgIpc) is 3.46. The molecule has 0 bridgehead atoms. The van der Waals surface area contributed by atoms with Gasteiger partial charge in [-0.15, -0.1) is 16.4 Å². The summed E-state index contributed by atoms with van der Waals surface area (Å²) in [5.41, 5.74) is 2.22. The number of nitrogens with zero attached hydrogens (tertiary/aromatic N) is 4. The molecule has 1 unspecified atom stereocenters. The Labute approximate surface area is 179 Å². The Bertz CT molecular complexity index is 1160. The lowest BCUT2D eigenvalue weighted by Crippen LogP contribution is -3.09. The number of hydrogen-bond donors (Lipinski definition) is 1. The number of aromatic nitrogens is 4. The minimum absolute atomic E-state index is 0.418. The maximum absolute atomic E-state index is 5.79. The van der Waals surface area contributed by atoms with Crippen LogP contribution >= 0.6 is 23.6 Å². The van der Waals surface area contributed by atoms with Crippen molar-refractivity contribution in [1.29, 1.82) is 0 Å². The first-order valence-electron chi connectivity index (χ1n) is 10.2. The first kappa shape index (κ1) is 18.7. The van der Waals surface area contributed by atoms with E-state index in [4.69, 9.17) is 22.3 Å². The molecule has 148 valence electrons. The van der Waals surface area contributed by atoms with Crippen molar-refractivity contribution in [3.63, 3.8) is 0 Å². The van der Waals surface area contributed by atoms with Gasteiger partial charge in [0.25, 0.3) is 0 Å². The predicted molar refractivity (Wildman–Crippen MR) is 120 cm³/mol. The van der Waals surface area contributed by atoms with Gasteiger partial charge in [0.05, 0.1) is 16.8 Å². The first-order valence-corrected chi connectivity index (χ1v) is 11.4. The highest BCUT2D eigenvalue weighted by Gasteiger charge is 2.33. The van der Waals surface area contributed by atoms with Crippen molar-refractivity contribution in [3.05, 3.63) is 64.4 Å². The van der Waals surface area contributed by atoms with Gasteiger partial charge < -0.3 is 9.47 Å². The van der Waals surface area contributed by atoms with E-state index in [1.165, 1.54) is 27.4 Å². The van der Waals surface area contributed by atoms with Gasteiger partial charge in [-0.2, -0.15) is 4.68 Å². The van der Waals surface area contributed by atoms with Crippen molar-refractivity contribution >= 4 is 33.8 Å². The third-order valence-corrected chi connectivity index (χ3v) is 7.30. The van der Waals surface area contributed by atoms with Crippen molar-refractivity contribution in [1.82, 2.24) is 19.3 Å². The Balaban J connectivity index is 1.46. The number of likely N-dealkylation sites (tertiary alicyclic amines) is 1. The van der Waals surface area contributed by atoms with E-state index < -0.39 is 0 Å². The van der Waals surface area contributed by atoms with Gasteiger partial charge >= 0.3 is 0 Å². The lowest BCUT2D eigenvalue weighted by Gasteiger charge is -2.19. The third-order valence-electron chi connectivity index (χ3n) is 5.72. The number of thiazole rings is 1. The van der Waals surface area contributed by atoms with E-state index in [1.54, 1.807) is 0 Å². The van der Waals surface area contributed by atoms with Gasteiger partial charge in [0.1, 0.15) is 6.04 Å². The van der Waals surface area contributed by atoms with Crippen LogP contribution in [0.2, 0.25) is 0 Å². The molecule has 1 fully saturated rings. The molecule has 0 aliphatic carbocycles. The van der Waals surface area contributed by atoms with Crippen molar-refractivity contribution in [2.75, 3.05) is 6.54 Å². The number of benzene rings is 2. The number of para-hydroxylation sites is 1. The number of rotatable bonds is 5. The van der Waals surface area contributed by atoms with Crippen LogP contribution in [-0.4, -0.2) is 25.9 Å². The molecule has 5 nitrogen and oxygen atoms in total. The summed E-state index contributed by atoms with van der Waals surface area (Å²) < 4.78 is 6.22. The largest absolute Gasteiger partial charge is 0.308 e. The summed E-state index contributed by atoms with van der Waals surface area (Å²) >= 11 is 7.62. The van der Waals surface area contributed by atoms with E-state index in [0.29, 0.717) is 6.04 Å². The van der Waals surface area contributed by atoms with E-state index in [2.05, 4.69) is 47.9 Å². The fraction of sp³-hybridized carbons (Fsp3) is 0.318. The molecular formula is C22H24N5S2+. The van der Waals surface area contributed by atoms with Crippen LogP contribution < -0.4 is 4.90 Å². The highest BCUT2D eigenvalue weighted by Crippen LogP contribution is 2.28. The second-order valence-corrected chi connectivity index (χ2v) is 8.92. The SMILES string of the molecule is CCn1c(-c2ccccc2)nn(C[NH+]2CCC[C@H]2c2nc3ccccc3s2)c1=S. The fourth-order valence-corrected chi connectivity index (χ4v) is 5.74. The maximum Gasteiger partial charge on any atom is 0.203 e. The third kappa shape index (κ3) is 3.43. The minimum atomic E-state index is 0.418. The van der Waals surface area contributed by atoms with E-state index in [9.17, 15) is 0 Å². The zero-order chi connectivity index (χ0) is 19.8. The Morgan fingerprint density at radius 2 is 1.93 bits per heavy atom. The quantitative estimate of drug-likeness (QED) is 0.493. The van der Waals surface area contributed by atoms with Crippen molar-refractivity contribution in [2.45, 2.75) is 39.0 Å². The molecule has 4 aromatic rings. The summed E-state index contributed by atoms with van der Waals surface area (Å²) in [7, 11) is 0. The van der Waals surface area contributed by atoms with E-state index in [-0.39, 0.29) is 0 Å². The molecule has 0 radical (unpaired) electrons. The molecule has 2 aromatic heterocycles. The Kier molecular flexibility index (Phi) is 5.03. The van der Waals surface area contributed by atoms with Gasteiger partial charge in [0.15, 0.2) is 17.5 Å². The van der Waals surface area contributed by atoms with E-state index >= 15 is 0 Å². The van der Waals surface area contributed by atoms with Crippen LogP contribution in [0.4, 0.5) is 0 Å². The minimum Gasteiger partial charge on any atom is -0.308 e. The number of quaternary nitrogens is 1. The molecule has 5 rings (SSSR count). The monoisotopic (exact) mass is 422 g/mol. The Morgan fingerprint density at radius 3 is 2.72 bits per heavy atom. The van der Waals surface area contributed by atoms with Crippen LogP contribution in [0.15, 0.2) is 54.6 Å². The van der Waals surface area contributed by atoms with Crippen molar-refractivity contribution in [3.8, 4) is 11.4 Å². The van der Waals surface area contributed by atoms with Gasteiger partial charge in [-0.1, -0.05) is 42.5 Å². The van der Waals surface area contributed by atoms with Gasteiger partial charge in [0.2, 0.25) is 4.77 Å². The van der Waals surface area contributed by atoms with Crippen LogP contribution in [0.25, 0.3) is 21.6 Å². The summed E-state index contributed by atoms with van der Waals surface area (Å²) in [6, 6.07) is 19.2. The second-order valence-electron chi connectivity index (χ2n) is 7.50. The maximum atomic E-state index is 5.79. The molecule has 2 aromatic carbocycles. The van der Waals surface area contributed by atoms with Crippen LogP contribution in [-0.2, 0) is 13.2 Å². The summed E-state index contributed by atoms with van der Waals surface area (Å²) in [5, 5.41) is 6.16. The Morgan fingerprint density at radius 1 is 1.14 bits per heavy atom. The number of fused-ring (bicyclic) bond motifs is 1. The predicted octanol–water partition coefficient (Wildman–Crippen LogP) is 4.09. The van der Waals surface area contributed by atoms with Crippen molar-refractivity contribution in [2.24, 2.45) is 0 Å². The van der Waals surface area contributed by atoms with Gasteiger partial charge in [-0.25, -0.2) is 4.98 Å². The molecule has 1 aliphatic rings. The van der Waals surface area contributed by atoms with Crippen molar-refractivity contribution < 1.29 is 4.90 Å². The average molecular weight is 423 g/mol. The summed E-state index contributed by atoms with van der Waals surface area (Å²) in [4.78, 5) is 6.43. The molecule has 0 saturated carbocycles. The molecular weight excluding hydrogens is 398 g/mol. The zero-order valence-electron chi connectivity index (χ0n) is 16.4. The van der Waals surface area contributed by atoms with Crippen LogP contribution in [0.1, 0.15) is 30.8 Å². The van der Waals surface area contributed by atoms with Crippen LogP contribution in [0.5, 0.6) is 0 Å². The molecule has 29 heavy (non-hydrogen) atoms. The molecule has 7 heteroatoms. The molecule has 1 aliphatic heterocycles. The molecule has 1 saturated heterocycles. The summed E-state index contributed by atoms with van der Waals surface area (Å²) in [5.74, 6) is 0.952. The van der Waals surface area contributed by atoms with Crippen LogP contribution in [0.3, 0.4) is 0 Å². The summed E-state index contributed by atoms with van der Waals surface area (Å²) in [6.45, 7) is 4.86. The number of nitrogens with one attached hydrogen (secondary N) is 1. The van der Waals surface area contributed by atoms with E-state index in [1.807, 2.05) is 34.2 Å². The first-order chi connectivity index (χ1) is 14.2. The second kappa shape index (κ2) is 7.82. The lowest BCUT2D eigenvalue weighted by atomic mass is 10.2. The lowest BCUT2D eigenvalue weighted by molar-refractivity contribution is -0.941. The van der Waals surface area contributed by atoms with E-state index in [0.717, 1.165) is 41.4 Å². The zero-order valence-corrected chi connectivity index (χ0v) is 18.0. The summed E-state index contributed by atoms with van der Waals surface area (Å²) in [6.07, 6.45) is 2.38. The molecule has 1 N–H and O–H groups in total. The van der Waals surface area contributed by atoms with Gasteiger partial charge in [-0.3, -0.25) is 0 Å². The topological polar surface area (TPSA) is 40.1 Å². The molecule has 2 atom stereocenters. The smallest absolute Gasteiger partial charge is 0.203 e. The van der Waals surface area contributed by atoms with Gasteiger partial charge in [0, 0.05) is 24.9 Å². The molecule has 3 heterocycles. The Hall–Kier alpha value is -2.35.